The number of amides is 1. The number of aromatic amines is 1. The number of rotatable bonds is 6. The topological polar surface area (TPSA) is 61.5 Å². The number of benzene rings is 2. The molecule has 0 spiro atoms. The normalized spacial score (nSPS) is 13.7. The fraction of sp³-hybridized carbons (Fsp3) is 0.364. The second-order valence-corrected chi connectivity index (χ2v) is 7.56. The van der Waals surface area contributed by atoms with Gasteiger partial charge < -0.3 is 14.6 Å². The number of methoxy groups -OCH3 is 1. The molecule has 4 rings (SSSR count). The van der Waals surface area contributed by atoms with Crippen molar-refractivity contribution in [1.29, 1.82) is 0 Å². The van der Waals surface area contributed by atoms with E-state index in [0.29, 0.717) is 18.6 Å². The third-order valence-electron chi connectivity index (χ3n) is 5.18. The zero-order valence-corrected chi connectivity index (χ0v) is 16.6. The zero-order valence-electron chi connectivity index (χ0n) is 16.6. The summed E-state index contributed by atoms with van der Waals surface area (Å²) in [5, 5.41) is 0. The highest BCUT2D eigenvalue weighted by Gasteiger charge is 2.30. The molecule has 0 radical (unpaired) electrons. The van der Waals surface area contributed by atoms with E-state index in [4.69, 9.17) is 4.74 Å². The van der Waals surface area contributed by atoms with E-state index in [9.17, 15) is 4.79 Å². The Hall–Kier alpha value is -3.02. The van der Waals surface area contributed by atoms with Crippen LogP contribution in [-0.2, 0) is 11.3 Å². The number of anilines is 2. The van der Waals surface area contributed by atoms with E-state index in [0.717, 1.165) is 22.3 Å². The molecule has 1 fully saturated rings. The highest BCUT2D eigenvalue weighted by molar-refractivity contribution is 5.90. The van der Waals surface area contributed by atoms with E-state index in [1.165, 1.54) is 25.6 Å². The highest BCUT2D eigenvalue weighted by atomic mass is 16.5. The average molecular weight is 378 g/mol. The van der Waals surface area contributed by atoms with Crippen LogP contribution >= 0.6 is 0 Å². The van der Waals surface area contributed by atoms with Gasteiger partial charge in [0.1, 0.15) is 0 Å². The first-order valence-electron chi connectivity index (χ1n) is 9.72. The van der Waals surface area contributed by atoms with E-state index in [1.54, 1.807) is 11.2 Å². The van der Waals surface area contributed by atoms with Crippen LogP contribution in [0.5, 0.6) is 0 Å². The molecule has 0 saturated heterocycles. The van der Waals surface area contributed by atoms with Crippen molar-refractivity contribution >= 4 is 28.5 Å². The summed E-state index contributed by atoms with van der Waals surface area (Å²) in [6, 6.07) is 15.3. The summed E-state index contributed by atoms with van der Waals surface area (Å²) >= 11 is 0. The summed E-state index contributed by atoms with van der Waals surface area (Å²) in [5.41, 5.74) is 4.82. The number of hydrogen-bond donors (Lipinski definition) is 1. The minimum atomic E-state index is -0.385. The minimum Gasteiger partial charge on any atom is -0.452 e. The summed E-state index contributed by atoms with van der Waals surface area (Å²) in [6.45, 7) is 4.91. The molecule has 2 aromatic carbocycles. The molecule has 1 saturated carbocycles. The molecule has 28 heavy (non-hydrogen) atoms. The van der Waals surface area contributed by atoms with Gasteiger partial charge in [-0.2, -0.15) is 0 Å². The number of carbonyl (C=O) groups excluding carboxylic acids is 1. The molecule has 1 aliphatic rings. The molecule has 1 N–H and O–H groups in total. The third kappa shape index (κ3) is 3.67. The summed E-state index contributed by atoms with van der Waals surface area (Å²) in [7, 11) is 1.41. The van der Waals surface area contributed by atoms with Crippen LogP contribution in [0.15, 0.2) is 48.8 Å². The molecule has 1 heterocycles. The monoisotopic (exact) mass is 378 g/mol. The summed E-state index contributed by atoms with van der Waals surface area (Å²) in [4.78, 5) is 23.9. The van der Waals surface area contributed by atoms with Crippen molar-refractivity contribution in [2.75, 3.05) is 16.9 Å². The van der Waals surface area contributed by atoms with E-state index in [-0.39, 0.29) is 6.09 Å². The van der Waals surface area contributed by atoms with E-state index < -0.39 is 0 Å². The number of nitrogens with zero attached hydrogens (tertiary/aromatic N) is 3. The third-order valence-corrected chi connectivity index (χ3v) is 5.18. The molecule has 3 aromatic rings. The van der Waals surface area contributed by atoms with Gasteiger partial charge in [-0.1, -0.05) is 12.1 Å². The van der Waals surface area contributed by atoms with Crippen molar-refractivity contribution in [3.8, 4) is 0 Å². The molecule has 0 atom stereocenters. The predicted octanol–water partition coefficient (Wildman–Crippen LogP) is 4.71. The first kappa shape index (κ1) is 18.3. The van der Waals surface area contributed by atoms with Crippen LogP contribution in [0, 0.1) is 0 Å². The lowest BCUT2D eigenvalue weighted by molar-refractivity contribution is 0.178. The average Bonchev–Trinajstić information content (AvgIpc) is 3.41. The molecule has 0 unspecified atom stereocenters. The Morgan fingerprint density at radius 2 is 1.89 bits per heavy atom. The summed E-state index contributed by atoms with van der Waals surface area (Å²) < 4.78 is 5.02. The Bertz CT molecular complexity index is 958. The molecule has 1 aliphatic carbocycles. The molecule has 0 aliphatic heterocycles. The van der Waals surface area contributed by atoms with Gasteiger partial charge in [-0.05, 0) is 62.6 Å². The Morgan fingerprint density at radius 3 is 2.54 bits per heavy atom. The quantitative estimate of drug-likeness (QED) is 0.675. The van der Waals surface area contributed by atoms with Crippen molar-refractivity contribution in [1.82, 2.24) is 9.97 Å². The van der Waals surface area contributed by atoms with Gasteiger partial charge in [0.25, 0.3) is 0 Å². The highest BCUT2D eigenvalue weighted by Crippen LogP contribution is 2.33. The van der Waals surface area contributed by atoms with Crippen LogP contribution in [-0.4, -0.2) is 35.3 Å². The number of hydrogen-bond acceptors (Lipinski definition) is 4. The van der Waals surface area contributed by atoms with Gasteiger partial charge in [-0.15, -0.1) is 0 Å². The summed E-state index contributed by atoms with van der Waals surface area (Å²) in [6.07, 6.45) is 3.80. The smallest absolute Gasteiger partial charge is 0.414 e. The first-order chi connectivity index (χ1) is 13.6. The molecule has 6 heteroatoms. The van der Waals surface area contributed by atoms with Crippen LogP contribution < -0.4 is 9.80 Å². The van der Waals surface area contributed by atoms with Crippen LogP contribution in [0.25, 0.3) is 11.0 Å². The Morgan fingerprint density at radius 1 is 1.18 bits per heavy atom. The van der Waals surface area contributed by atoms with Crippen molar-refractivity contribution in [2.24, 2.45) is 0 Å². The number of H-pyrrole nitrogens is 1. The van der Waals surface area contributed by atoms with Gasteiger partial charge in [-0.25, -0.2) is 9.78 Å². The van der Waals surface area contributed by atoms with Crippen molar-refractivity contribution in [3.63, 3.8) is 0 Å². The molecular formula is C22H26N4O2. The number of carbonyl (C=O) groups is 1. The molecular weight excluding hydrogens is 352 g/mol. The van der Waals surface area contributed by atoms with Crippen LogP contribution in [0.4, 0.5) is 16.2 Å². The lowest BCUT2D eigenvalue weighted by Gasteiger charge is -2.29. The number of imidazole rings is 1. The lowest BCUT2D eigenvalue weighted by atomic mass is 10.1. The van der Waals surface area contributed by atoms with E-state index in [2.05, 4.69) is 53.0 Å². The predicted molar refractivity (Wildman–Crippen MR) is 112 cm³/mol. The van der Waals surface area contributed by atoms with Crippen LogP contribution in [0.2, 0.25) is 0 Å². The van der Waals surface area contributed by atoms with Crippen LogP contribution in [0.3, 0.4) is 0 Å². The molecule has 6 nitrogen and oxygen atoms in total. The Kier molecular flexibility index (Phi) is 4.94. The standard InChI is InChI=1S/C22H26N4O2/c1-15(2)26(18-8-9-18)17-6-4-16(5-7-17)13-25(22(27)28-3)19-10-11-20-21(12-19)24-14-23-20/h4-7,10-12,14-15,18H,8-9,13H2,1-3H3,(H,23,24). The molecule has 0 bridgehead atoms. The van der Waals surface area contributed by atoms with Gasteiger partial charge in [0.2, 0.25) is 0 Å². The van der Waals surface area contributed by atoms with E-state index >= 15 is 0 Å². The molecule has 1 aromatic heterocycles. The fourth-order valence-corrected chi connectivity index (χ4v) is 3.70. The SMILES string of the molecule is COC(=O)N(Cc1ccc(N(C(C)C)C2CC2)cc1)c1ccc2nc[nH]c2c1. The lowest BCUT2D eigenvalue weighted by Crippen LogP contribution is -2.33. The largest absolute Gasteiger partial charge is 0.452 e. The maximum Gasteiger partial charge on any atom is 0.414 e. The van der Waals surface area contributed by atoms with Gasteiger partial charge >= 0.3 is 6.09 Å². The van der Waals surface area contributed by atoms with Crippen molar-refractivity contribution < 1.29 is 9.53 Å². The number of nitrogens with one attached hydrogen (secondary N) is 1. The Labute approximate surface area is 165 Å². The maximum atomic E-state index is 12.4. The minimum absolute atomic E-state index is 0.385. The molecule has 146 valence electrons. The number of aromatic nitrogens is 2. The number of ether oxygens (including phenoxy) is 1. The van der Waals surface area contributed by atoms with Gasteiger partial charge in [-0.3, -0.25) is 4.90 Å². The second-order valence-electron chi connectivity index (χ2n) is 7.56. The van der Waals surface area contributed by atoms with Gasteiger partial charge in [0, 0.05) is 23.5 Å². The number of fused-ring (bicyclic) bond motifs is 1. The molecule has 1 amide bonds. The van der Waals surface area contributed by atoms with Gasteiger partial charge in [0.15, 0.2) is 0 Å². The Balaban J connectivity index is 1.57. The zero-order chi connectivity index (χ0) is 19.7. The fourth-order valence-electron chi connectivity index (χ4n) is 3.70. The van der Waals surface area contributed by atoms with Crippen molar-refractivity contribution in [2.45, 2.75) is 45.3 Å². The first-order valence-corrected chi connectivity index (χ1v) is 9.72. The maximum absolute atomic E-state index is 12.4. The van der Waals surface area contributed by atoms with Crippen molar-refractivity contribution in [3.05, 3.63) is 54.4 Å². The van der Waals surface area contributed by atoms with Gasteiger partial charge in [0.05, 0.1) is 31.0 Å². The second kappa shape index (κ2) is 7.54. The van der Waals surface area contributed by atoms with Crippen LogP contribution in [0.1, 0.15) is 32.3 Å². The summed E-state index contributed by atoms with van der Waals surface area (Å²) in [5.74, 6) is 0. The van der Waals surface area contributed by atoms with E-state index in [1.807, 2.05) is 18.2 Å².